The molecule has 4 nitrogen and oxygen atoms in total. The van der Waals surface area contributed by atoms with Gasteiger partial charge >= 0.3 is 12.4 Å². The van der Waals surface area contributed by atoms with Gasteiger partial charge in [0.05, 0.1) is 11.4 Å². The lowest BCUT2D eigenvalue weighted by molar-refractivity contribution is -0.167. The minimum atomic E-state index is -5.54. The van der Waals surface area contributed by atoms with Crippen LogP contribution in [0.2, 0.25) is 0 Å². The van der Waals surface area contributed by atoms with Gasteiger partial charge in [-0.15, -0.1) is 11.3 Å². The molecule has 0 aliphatic heterocycles. The van der Waals surface area contributed by atoms with E-state index in [-0.39, 0.29) is 27.2 Å². The molecule has 2 atom stereocenters. The van der Waals surface area contributed by atoms with Crippen molar-refractivity contribution in [3.63, 3.8) is 0 Å². The summed E-state index contributed by atoms with van der Waals surface area (Å²) < 4.78 is 101. The Morgan fingerprint density at radius 1 is 0.589 bits per heavy atom. The average Bonchev–Trinajstić information content (AvgIpc) is 3.65. The van der Waals surface area contributed by atoms with Gasteiger partial charge in [0.1, 0.15) is 16.5 Å². The summed E-state index contributed by atoms with van der Waals surface area (Å²) in [5.74, 6) is 0.617. The fourth-order valence-corrected chi connectivity index (χ4v) is 7.71. The van der Waals surface area contributed by atoms with Crippen LogP contribution in [0.25, 0.3) is 32.7 Å². The van der Waals surface area contributed by atoms with Crippen LogP contribution in [0.5, 0.6) is 0 Å². The zero-order chi connectivity index (χ0) is 40.5. The first-order valence-corrected chi connectivity index (χ1v) is 19.4. The summed E-state index contributed by atoms with van der Waals surface area (Å²) in [7, 11) is 0. The molecule has 1 aliphatic carbocycles. The van der Waals surface area contributed by atoms with Gasteiger partial charge in [0.25, 0.3) is 0 Å². The van der Waals surface area contributed by atoms with Crippen molar-refractivity contribution in [2.45, 2.75) is 78.6 Å². The van der Waals surface area contributed by atoms with Crippen LogP contribution in [0.3, 0.4) is 0 Å². The molecule has 2 N–H and O–H groups in total. The zero-order valence-corrected chi connectivity index (χ0v) is 32.2. The van der Waals surface area contributed by atoms with Crippen molar-refractivity contribution in [3.8, 4) is 21.6 Å². The second-order valence-corrected chi connectivity index (χ2v) is 15.6. The first kappa shape index (κ1) is 40.7. The molecule has 0 fully saturated rings. The number of aromatic nitrogens is 2. The van der Waals surface area contributed by atoms with E-state index >= 15 is 4.39 Å². The predicted molar refractivity (Wildman–Crippen MR) is 209 cm³/mol. The summed E-state index contributed by atoms with van der Waals surface area (Å²) in [4.78, 5) is 8.09. The fraction of sp³-hybridized carbons (Fsp3) is 0.318. The van der Waals surface area contributed by atoms with Crippen LogP contribution in [0.1, 0.15) is 86.3 Å². The molecule has 2 unspecified atom stereocenters. The van der Waals surface area contributed by atoms with E-state index in [4.69, 9.17) is 10.8 Å². The predicted octanol–water partition coefficient (Wildman–Crippen LogP) is 11.5. The first-order valence-electron chi connectivity index (χ1n) is 18.6. The molecule has 0 radical (unpaired) electrons. The Morgan fingerprint density at radius 2 is 1.05 bits per heavy atom. The first-order chi connectivity index (χ1) is 26.5. The molecule has 2 aromatic heterocycles. The highest BCUT2D eigenvalue weighted by Gasteiger charge is 2.47. The molecule has 12 heteroatoms. The quantitative estimate of drug-likeness (QED) is 0.124. The number of thiophene rings is 1. The van der Waals surface area contributed by atoms with E-state index in [1.807, 2.05) is 30.3 Å². The number of halogens is 7. The van der Waals surface area contributed by atoms with Gasteiger partial charge in [-0.2, -0.15) is 26.3 Å². The zero-order valence-electron chi connectivity index (χ0n) is 31.4. The van der Waals surface area contributed by atoms with Gasteiger partial charge in [0.2, 0.25) is 0 Å². The highest BCUT2D eigenvalue weighted by atomic mass is 32.1. The molecular formula is C44H41F7N4S. The molecule has 0 amide bonds. The van der Waals surface area contributed by atoms with E-state index in [1.165, 1.54) is 30.3 Å². The SMILES string of the molecule is CCC(C)CCc1ccc(-c2ccc(C3=c4nc(C(F)(F)F)c(C(F)(F)F)nc4=C(c4ccc(-c5ccc(CCC(C)CC)cc5F)cc4)C(=N)C3=N)s2)cc1. The highest BCUT2D eigenvalue weighted by Crippen LogP contribution is 2.38. The molecule has 56 heavy (non-hydrogen) atoms. The Hall–Kier alpha value is -4.97. The number of nitrogens with zero attached hydrogens (tertiary/aromatic N) is 2. The van der Waals surface area contributed by atoms with E-state index in [0.29, 0.717) is 28.7 Å². The number of nitrogens with one attached hydrogen (secondary N) is 2. The van der Waals surface area contributed by atoms with Crippen LogP contribution in [0, 0.1) is 28.5 Å². The van der Waals surface area contributed by atoms with Crippen LogP contribution in [-0.4, -0.2) is 21.4 Å². The number of aryl methyl sites for hydroxylation is 2. The van der Waals surface area contributed by atoms with Gasteiger partial charge in [-0.3, -0.25) is 10.8 Å². The summed E-state index contributed by atoms with van der Waals surface area (Å²) >= 11 is 1.13. The Kier molecular flexibility index (Phi) is 11.8. The number of rotatable bonds is 12. The Labute approximate surface area is 324 Å². The standard InChI is InChI=1S/C44H41F7N4S/c1-5-24(3)7-9-26-11-14-29(15-12-26)33-21-22-34(56-33)36-38(53)37(52)35(39-40(36)55-42(44(49,50)51)41(54-39)43(46,47)48)30-18-16-28(17-19-30)31-20-13-27(23-32(31)45)10-8-25(4)6-2/h11-25,52-53H,5-10H2,1-4H3. The average molecular weight is 791 g/mol. The van der Waals surface area contributed by atoms with E-state index in [0.717, 1.165) is 60.1 Å². The number of hydrogen-bond donors (Lipinski definition) is 2. The fourth-order valence-electron chi connectivity index (χ4n) is 6.65. The van der Waals surface area contributed by atoms with Crippen molar-refractivity contribution in [2.75, 3.05) is 0 Å². The van der Waals surface area contributed by atoms with E-state index < -0.39 is 51.7 Å². The van der Waals surface area contributed by atoms with Crippen LogP contribution < -0.4 is 10.7 Å². The topological polar surface area (TPSA) is 73.5 Å². The largest absolute Gasteiger partial charge is 0.435 e. The summed E-state index contributed by atoms with van der Waals surface area (Å²) in [6.07, 6.45) is -5.40. The third-order valence-electron chi connectivity index (χ3n) is 10.5. The normalized spacial score (nSPS) is 14.6. The molecule has 1 aliphatic rings. The second kappa shape index (κ2) is 16.3. The number of alkyl halides is 6. The molecule has 0 spiro atoms. The Balaban J connectivity index is 1.48. The van der Waals surface area contributed by atoms with Crippen molar-refractivity contribution in [3.05, 3.63) is 128 Å². The smallest absolute Gasteiger partial charge is 0.298 e. The Morgan fingerprint density at radius 3 is 1.59 bits per heavy atom. The summed E-state index contributed by atoms with van der Waals surface area (Å²) in [5.41, 5.74) is -2.43. The van der Waals surface area contributed by atoms with E-state index in [2.05, 4.69) is 37.7 Å². The van der Waals surface area contributed by atoms with Gasteiger partial charge in [-0.1, -0.05) is 101 Å². The van der Waals surface area contributed by atoms with Crippen LogP contribution in [-0.2, 0) is 25.2 Å². The van der Waals surface area contributed by atoms with Gasteiger partial charge in [-0.25, -0.2) is 14.4 Å². The third kappa shape index (κ3) is 8.55. The lowest BCUT2D eigenvalue weighted by atomic mass is 9.88. The van der Waals surface area contributed by atoms with Gasteiger partial charge in [0, 0.05) is 26.5 Å². The minimum absolute atomic E-state index is 0.108. The molecule has 3 aromatic carbocycles. The molecule has 0 bridgehead atoms. The monoisotopic (exact) mass is 790 g/mol. The lowest BCUT2D eigenvalue weighted by Crippen LogP contribution is -2.47. The molecule has 0 saturated heterocycles. The summed E-state index contributed by atoms with van der Waals surface area (Å²) in [6, 6.07) is 22.0. The van der Waals surface area contributed by atoms with Gasteiger partial charge < -0.3 is 0 Å². The van der Waals surface area contributed by atoms with Crippen molar-refractivity contribution in [2.24, 2.45) is 11.8 Å². The molecular weight excluding hydrogens is 750 g/mol. The minimum Gasteiger partial charge on any atom is -0.298 e. The van der Waals surface area contributed by atoms with Crippen molar-refractivity contribution < 1.29 is 30.7 Å². The van der Waals surface area contributed by atoms with Crippen LogP contribution in [0.4, 0.5) is 30.7 Å². The van der Waals surface area contributed by atoms with Crippen molar-refractivity contribution in [1.29, 1.82) is 10.8 Å². The number of fused-ring (bicyclic) bond motifs is 1. The van der Waals surface area contributed by atoms with Gasteiger partial charge in [0.15, 0.2) is 11.4 Å². The van der Waals surface area contributed by atoms with Crippen LogP contribution in [0.15, 0.2) is 78.9 Å². The van der Waals surface area contributed by atoms with Crippen molar-refractivity contribution >= 4 is 33.9 Å². The second-order valence-electron chi connectivity index (χ2n) is 14.5. The van der Waals surface area contributed by atoms with E-state index in [1.54, 1.807) is 18.2 Å². The van der Waals surface area contributed by atoms with Gasteiger partial charge in [-0.05, 0) is 83.5 Å². The molecule has 0 saturated carbocycles. The number of hydrogen-bond acceptors (Lipinski definition) is 5. The highest BCUT2D eigenvalue weighted by molar-refractivity contribution is 7.17. The van der Waals surface area contributed by atoms with E-state index in [9.17, 15) is 26.3 Å². The molecule has 6 rings (SSSR count). The maximum absolute atomic E-state index is 15.3. The van der Waals surface area contributed by atoms with Crippen molar-refractivity contribution in [1.82, 2.24) is 9.97 Å². The molecule has 2 heterocycles. The lowest BCUT2D eigenvalue weighted by Gasteiger charge is -2.21. The number of benzene rings is 3. The summed E-state index contributed by atoms with van der Waals surface area (Å²) in [5, 5.41) is 16.9. The maximum atomic E-state index is 15.3. The third-order valence-corrected chi connectivity index (χ3v) is 11.7. The maximum Gasteiger partial charge on any atom is 0.435 e. The van der Waals surface area contributed by atoms with Crippen LogP contribution >= 0.6 is 11.3 Å². The molecule has 292 valence electrons. The Bertz CT molecular complexity index is 2390. The molecule has 5 aromatic rings. The summed E-state index contributed by atoms with van der Waals surface area (Å²) in [6.45, 7) is 8.57.